The lowest BCUT2D eigenvalue weighted by atomic mass is 9.98. The van der Waals surface area contributed by atoms with Gasteiger partial charge in [-0.2, -0.15) is 13.2 Å². The number of carbonyl (C=O) groups excluding carboxylic acids is 2. The zero-order valence-electron chi connectivity index (χ0n) is 16.9. The summed E-state index contributed by atoms with van der Waals surface area (Å²) in [6.07, 6.45) is -3.58. The van der Waals surface area contributed by atoms with Crippen molar-refractivity contribution in [1.29, 1.82) is 0 Å². The molecule has 2 aromatic carbocycles. The molecule has 32 heavy (non-hydrogen) atoms. The number of likely N-dealkylation sites (tertiary alicyclic amines) is 1. The lowest BCUT2D eigenvalue weighted by molar-refractivity contribution is -0.137. The summed E-state index contributed by atoms with van der Waals surface area (Å²) in [5.74, 6) is -1.26. The zero-order chi connectivity index (χ0) is 22.9. The van der Waals surface area contributed by atoms with Crippen molar-refractivity contribution in [3.8, 4) is 0 Å². The van der Waals surface area contributed by atoms with Gasteiger partial charge in [-0.1, -0.05) is 18.2 Å². The Kier molecular flexibility index (Phi) is 5.72. The van der Waals surface area contributed by atoms with Crippen LogP contribution in [0.1, 0.15) is 24.0 Å². The minimum Gasteiger partial charge on any atom is -0.326 e. The van der Waals surface area contributed by atoms with Crippen LogP contribution in [0, 0.1) is 5.82 Å². The van der Waals surface area contributed by atoms with Crippen LogP contribution in [0.3, 0.4) is 0 Å². The van der Waals surface area contributed by atoms with Crippen LogP contribution in [0.5, 0.6) is 0 Å². The van der Waals surface area contributed by atoms with Gasteiger partial charge in [-0.05, 0) is 30.3 Å². The van der Waals surface area contributed by atoms with Crippen LogP contribution in [-0.4, -0.2) is 47.7 Å². The van der Waals surface area contributed by atoms with Gasteiger partial charge < -0.3 is 10.6 Å². The van der Waals surface area contributed by atoms with Crippen molar-refractivity contribution < 1.29 is 27.2 Å². The molecule has 0 aromatic heterocycles. The van der Waals surface area contributed by atoms with Gasteiger partial charge in [-0.15, -0.1) is 0 Å². The largest absolute Gasteiger partial charge is 0.416 e. The van der Waals surface area contributed by atoms with Crippen molar-refractivity contribution >= 4 is 23.2 Å². The second-order valence-corrected chi connectivity index (χ2v) is 7.86. The number of rotatable bonds is 4. The summed E-state index contributed by atoms with van der Waals surface area (Å²) in [5.41, 5.74) is -0.973. The van der Waals surface area contributed by atoms with Crippen molar-refractivity contribution in [2.75, 3.05) is 25.0 Å². The molecule has 0 atom stereocenters. The highest BCUT2D eigenvalue weighted by molar-refractivity contribution is 6.46. The average molecular weight is 448 g/mol. The number of hydrogen-bond donors (Lipinski definition) is 2. The van der Waals surface area contributed by atoms with E-state index in [1.807, 2.05) is 4.90 Å². The number of benzene rings is 2. The fraction of sp³-hybridized carbons (Fsp3) is 0.318. The number of piperidine rings is 1. The molecule has 2 aliphatic heterocycles. The summed E-state index contributed by atoms with van der Waals surface area (Å²) in [6, 6.07) is 10.1. The van der Waals surface area contributed by atoms with Crippen LogP contribution >= 0.6 is 0 Å². The third kappa shape index (κ3) is 4.80. The fourth-order valence-corrected chi connectivity index (χ4v) is 3.89. The van der Waals surface area contributed by atoms with Crippen LogP contribution in [0.4, 0.5) is 23.2 Å². The minimum absolute atomic E-state index is 0.000734. The number of alkyl halides is 3. The van der Waals surface area contributed by atoms with Gasteiger partial charge in [0.2, 0.25) is 5.91 Å². The third-order valence-corrected chi connectivity index (χ3v) is 5.51. The molecule has 1 fully saturated rings. The number of halogens is 4. The van der Waals surface area contributed by atoms with E-state index in [-0.39, 0.29) is 23.9 Å². The van der Waals surface area contributed by atoms with Crippen molar-refractivity contribution in [3.63, 3.8) is 0 Å². The molecule has 6 nitrogen and oxygen atoms in total. The molecule has 0 aliphatic carbocycles. The van der Waals surface area contributed by atoms with Crippen LogP contribution in [0.15, 0.2) is 53.5 Å². The van der Waals surface area contributed by atoms with Gasteiger partial charge in [0.1, 0.15) is 17.2 Å². The molecular weight excluding hydrogens is 428 g/mol. The second-order valence-electron chi connectivity index (χ2n) is 7.86. The Bertz CT molecular complexity index is 1080. The molecule has 2 aliphatic rings. The SMILES string of the molecule is O=C(CN1CCC2(CC1)N=C(c1cccc(F)c1)C(=O)N2)Nc1cccc(C(F)(F)F)c1. The Morgan fingerprint density at radius 1 is 1.12 bits per heavy atom. The van der Waals surface area contributed by atoms with E-state index in [1.54, 1.807) is 6.07 Å². The first-order valence-electron chi connectivity index (χ1n) is 10.0. The number of aliphatic imine (C=N–C) groups is 1. The van der Waals surface area contributed by atoms with Crippen molar-refractivity contribution in [1.82, 2.24) is 10.2 Å². The molecule has 2 aromatic rings. The van der Waals surface area contributed by atoms with E-state index in [0.717, 1.165) is 12.1 Å². The first-order chi connectivity index (χ1) is 15.1. The number of nitrogens with one attached hydrogen (secondary N) is 2. The first kappa shape index (κ1) is 21.9. The van der Waals surface area contributed by atoms with Gasteiger partial charge in [0.05, 0.1) is 12.1 Å². The van der Waals surface area contributed by atoms with E-state index in [1.165, 1.54) is 30.3 Å². The molecule has 0 unspecified atom stereocenters. The van der Waals surface area contributed by atoms with E-state index < -0.39 is 29.1 Å². The summed E-state index contributed by atoms with van der Waals surface area (Å²) < 4.78 is 52.0. The normalized spacial score (nSPS) is 18.4. The lowest BCUT2D eigenvalue weighted by Gasteiger charge is -2.36. The minimum atomic E-state index is -4.49. The van der Waals surface area contributed by atoms with Crippen LogP contribution in [0.2, 0.25) is 0 Å². The molecule has 2 amide bonds. The summed E-state index contributed by atoms with van der Waals surface area (Å²) >= 11 is 0. The molecule has 4 rings (SSSR count). The summed E-state index contributed by atoms with van der Waals surface area (Å²) in [6.45, 7) is 0.910. The van der Waals surface area contributed by atoms with Crippen LogP contribution < -0.4 is 10.6 Å². The Hall–Kier alpha value is -3.27. The maximum atomic E-state index is 13.5. The number of hydrogen-bond acceptors (Lipinski definition) is 4. The maximum absolute atomic E-state index is 13.5. The monoisotopic (exact) mass is 448 g/mol. The van der Waals surface area contributed by atoms with Gasteiger partial charge in [0, 0.05) is 37.2 Å². The molecule has 1 saturated heterocycles. The maximum Gasteiger partial charge on any atom is 0.416 e. The van der Waals surface area contributed by atoms with Gasteiger partial charge in [0.15, 0.2) is 0 Å². The van der Waals surface area contributed by atoms with Crippen molar-refractivity contribution in [2.45, 2.75) is 24.7 Å². The predicted octanol–water partition coefficient (Wildman–Crippen LogP) is 3.19. The lowest BCUT2D eigenvalue weighted by Crippen LogP contribution is -2.52. The van der Waals surface area contributed by atoms with Crippen LogP contribution in [-0.2, 0) is 15.8 Å². The standard InChI is InChI=1S/C22H20F4N4O2/c23-16-5-1-3-14(11-16)19-20(32)29-21(28-19)7-9-30(10-8-21)13-18(31)27-17-6-2-4-15(12-17)22(24,25)26/h1-6,11-12H,7-10,13H2,(H,27,31)(H,29,32). The Balaban J connectivity index is 1.35. The van der Waals surface area contributed by atoms with Gasteiger partial charge >= 0.3 is 6.18 Å². The number of amides is 2. The van der Waals surface area contributed by atoms with E-state index in [4.69, 9.17) is 0 Å². The highest BCUT2D eigenvalue weighted by atomic mass is 19.4. The van der Waals surface area contributed by atoms with Gasteiger partial charge in [-0.25, -0.2) is 4.39 Å². The second kappa shape index (κ2) is 8.34. The molecule has 2 N–H and O–H groups in total. The molecule has 168 valence electrons. The van der Waals surface area contributed by atoms with E-state index >= 15 is 0 Å². The number of nitrogens with zero attached hydrogens (tertiary/aromatic N) is 2. The first-order valence-corrected chi connectivity index (χ1v) is 10.0. The molecule has 0 bridgehead atoms. The third-order valence-electron chi connectivity index (χ3n) is 5.51. The Morgan fingerprint density at radius 2 is 1.84 bits per heavy atom. The highest BCUT2D eigenvalue weighted by Gasteiger charge is 2.42. The van der Waals surface area contributed by atoms with Crippen molar-refractivity contribution in [3.05, 3.63) is 65.5 Å². The van der Waals surface area contributed by atoms with Crippen molar-refractivity contribution in [2.24, 2.45) is 4.99 Å². The Morgan fingerprint density at radius 3 is 2.53 bits per heavy atom. The predicted molar refractivity (Wildman–Crippen MR) is 110 cm³/mol. The van der Waals surface area contributed by atoms with Gasteiger partial charge in [-0.3, -0.25) is 19.5 Å². The smallest absolute Gasteiger partial charge is 0.326 e. The van der Waals surface area contributed by atoms with Gasteiger partial charge in [0.25, 0.3) is 5.91 Å². The summed E-state index contributed by atoms with van der Waals surface area (Å²) in [7, 11) is 0. The zero-order valence-corrected chi connectivity index (χ0v) is 16.9. The number of carbonyl (C=O) groups is 2. The fourth-order valence-electron chi connectivity index (χ4n) is 3.89. The average Bonchev–Trinajstić information content (AvgIpc) is 3.05. The molecule has 0 saturated carbocycles. The topological polar surface area (TPSA) is 73.8 Å². The molecule has 2 heterocycles. The summed E-state index contributed by atoms with van der Waals surface area (Å²) in [5, 5.41) is 5.36. The Labute approximate surface area is 181 Å². The quantitative estimate of drug-likeness (QED) is 0.706. The molecule has 1 spiro atoms. The highest BCUT2D eigenvalue weighted by Crippen LogP contribution is 2.31. The molecule has 10 heteroatoms. The molecule has 0 radical (unpaired) electrons. The summed E-state index contributed by atoms with van der Waals surface area (Å²) in [4.78, 5) is 31.1. The number of anilines is 1. The molecular formula is C22H20F4N4O2. The van der Waals surface area contributed by atoms with Crippen LogP contribution in [0.25, 0.3) is 0 Å². The van der Waals surface area contributed by atoms with E-state index in [9.17, 15) is 27.2 Å². The van der Waals surface area contributed by atoms with E-state index in [2.05, 4.69) is 15.6 Å². The van der Waals surface area contributed by atoms with E-state index in [0.29, 0.717) is 31.5 Å².